The molecule has 0 aliphatic heterocycles. The highest BCUT2D eigenvalue weighted by Gasteiger charge is 2.09. The van der Waals surface area contributed by atoms with E-state index in [9.17, 15) is 0 Å². The average Bonchev–Trinajstić information content (AvgIpc) is 3.06. The van der Waals surface area contributed by atoms with E-state index in [2.05, 4.69) is 10.1 Å². The molecule has 0 unspecified atom stereocenters. The Kier molecular flexibility index (Phi) is 5.51. The molecule has 124 valence electrons. The van der Waals surface area contributed by atoms with Crippen molar-refractivity contribution in [3.05, 3.63) is 71.4 Å². The van der Waals surface area contributed by atoms with Crippen LogP contribution in [0, 0.1) is 0 Å². The monoisotopic (exact) mass is 342 g/mol. The lowest BCUT2D eigenvalue weighted by Crippen LogP contribution is -2.23. The lowest BCUT2D eigenvalue weighted by molar-refractivity contribution is 0.216. The fourth-order valence-corrected chi connectivity index (χ4v) is 2.45. The Morgan fingerprint density at radius 2 is 1.83 bits per heavy atom. The van der Waals surface area contributed by atoms with Crippen LogP contribution < -0.4 is 4.74 Å². The van der Waals surface area contributed by atoms with E-state index < -0.39 is 0 Å². The van der Waals surface area contributed by atoms with Gasteiger partial charge in [0, 0.05) is 23.2 Å². The van der Waals surface area contributed by atoms with Crippen molar-refractivity contribution in [1.29, 1.82) is 0 Å². The van der Waals surface area contributed by atoms with Gasteiger partial charge in [-0.05, 0) is 31.3 Å². The van der Waals surface area contributed by atoms with E-state index in [-0.39, 0.29) is 0 Å². The zero-order chi connectivity index (χ0) is 16.8. The number of ether oxygens (including phenoxy) is 1. The Bertz CT molecular complexity index is 757. The minimum atomic E-state index is 0.595. The fraction of sp³-hybridized carbons (Fsp3) is 0.211. The fourth-order valence-electron chi connectivity index (χ4n) is 2.33. The smallest absolute Gasteiger partial charge is 0.151 e. The summed E-state index contributed by atoms with van der Waals surface area (Å²) < 4.78 is 11.1. The molecule has 0 aliphatic rings. The topological polar surface area (TPSA) is 38.5 Å². The van der Waals surface area contributed by atoms with Gasteiger partial charge < -0.3 is 9.26 Å². The highest BCUT2D eigenvalue weighted by molar-refractivity contribution is 6.30. The number of hydrogen-bond donors (Lipinski definition) is 0. The lowest BCUT2D eigenvalue weighted by atomic mass is 10.1. The molecule has 3 rings (SSSR count). The third-order valence-electron chi connectivity index (χ3n) is 3.61. The molecule has 5 heteroatoms. The molecule has 0 amide bonds. The number of nitrogens with zero attached hydrogens (tertiary/aromatic N) is 2. The lowest BCUT2D eigenvalue weighted by Gasteiger charge is -2.15. The van der Waals surface area contributed by atoms with Gasteiger partial charge in [-0.1, -0.05) is 47.1 Å². The molecule has 0 atom stereocenters. The zero-order valence-electron chi connectivity index (χ0n) is 13.5. The van der Waals surface area contributed by atoms with Gasteiger partial charge in [-0.2, -0.15) is 0 Å². The van der Waals surface area contributed by atoms with Gasteiger partial charge in [0.05, 0.1) is 6.54 Å². The van der Waals surface area contributed by atoms with Gasteiger partial charge >= 0.3 is 0 Å². The molecule has 0 aliphatic carbocycles. The van der Waals surface area contributed by atoms with Crippen molar-refractivity contribution in [3.63, 3.8) is 0 Å². The summed E-state index contributed by atoms with van der Waals surface area (Å²) in [6, 6.07) is 19.4. The summed E-state index contributed by atoms with van der Waals surface area (Å²) in [5.74, 6) is 1.65. The molecule has 3 aromatic rings. The van der Waals surface area contributed by atoms with E-state index in [1.54, 1.807) is 0 Å². The maximum atomic E-state index is 5.85. The summed E-state index contributed by atoms with van der Waals surface area (Å²) in [7, 11) is 2.02. The Morgan fingerprint density at radius 1 is 1.08 bits per heavy atom. The average molecular weight is 343 g/mol. The van der Waals surface area contributed by atoms with Crippen LogP contribution in [-0.2, 0) is 6.54 Å². The third-order valence-corrected chi connectivity index (χ3v) is 3.86. The SMILES string of the molecule is CN(CCOc1ccc(Cl)cc1)Cc1cc(-c2ccccc2)no1. The molecule has 0 bridgehead atoms. The van der Waals surface area contributed by atoms with Crippen molar-refractivity contribution in [2.75, 3.05) is 20.2 Å². The summed E-state index contributed by atoms with van der Waals surface area (Å²) in [6.45, 7) is 2.06. The quantitative estimate of drug-likeness (QED) is 0.633. The molecule has 2 aromatic carbocycles. The molecule has 1 aromatic heterocycles. The van der Waals surface area contributed by atoms with Crippen molar-refractivity contribution in [1.82, 2.24) is 10.1 Å². The van der Waals surface area contributed by atoms with Crippen molar-refractivity contribution < 1.29 is 9.26 Å². The molecule has 0 saturated carbocycles. The first kappa shape index (κ1) is 16.6. The van der Waals surface area contributed by atoms with E-state index in [4.69, 9.17) is 20.9 Å². The van der Waals surface area contributed by atoms with Gasteiger partial charge in [-0.15, -0.1) is 0 Å². The molecule has 4 nitrogen and oxygen atoms in total. The molecule has 0 spiro atoms. The minimum Gasteiger partial charge on any atom is -0.492 e. The van der Waals surface area contributed by atoms with Gasteiger partial charge in [0.15, 0.2) is 5.76 Å². The largest absolute Gasteiger partial charge is 0.492 e. The van der Waals surface area contributed by atoms with E-state index >= 15 is 0 Å². The van der Waals surface area contributed by atoms with Crippen LogP contribution in [0.4, 0.5) is 0 Å². The normalized spacial score (nSPS) is 11.0. The molecule has 0 N–H and O–H groups in total. The molecule has 24 heavy (non-hydrogen) atoms. The summed E-state index contributed by atoms with van der Waals surface area (Å²) in [4.78, 5) is 2.13. The van der Waals surface area contributed by atoms with Crippen LogP contribution in [0.2, 0.25) is 5.02 Å². The Balaban J connectivity index is 1.47. The van der Waals surface area contributed by atoms with Crippen molar-refractivity contribution >= 4 is 11.6 Å². The molecule has 1 heterocycles. The van der Waals surface area contributed by atoms with Crippen LogP contribution in [0.5, 0.6) is 5.75 Å². The summed E-state index contributed by atoms with van der Waals surface area (Å²) in [5, 5.41) is 4.84. The van der Waals surface area contributed by atoms with Crippen LogP contribution >= 0.6 is 11.6 Å². The molecular formula is C19H19ClN2O2. The van der Waals surface area contributed by atoms with Gasteiger partial charge in [-0.3, -0.25) is 4.90 Å². The second-order valence-corrected chi connectivity index (χ2v) is 6.02. The van der Waals surface area contributed by atoms with Gasteiger partial charge in [0.25, 0.3) is 0 Å². The third kappa shape index (κ3) is 4.60. The second kappa shape index (κ2) is 7.99. The van der Waals surface area contributed by atoms with Crippen molar-refractivity contribution in [2.24, 2.45) is 0 Å². The van der Waals surface area contributed by atoms with Gasteiger partial charge in [-0.25, -0.2) is 0 Å². The van der Waals surface area contributed by atoms with Crippen LogP contribution in [0.15, 0.2) is 65.2 Å². The van der Waals surface area contributed by atoms with Gasteiger partial charge in [0.2, 0.25) is 0 Å². The predicted octanol–water partition coefficient (Wildman–Crippen LogP) is 4.51. The van der Waals surface area contributed by atoms with Crippen LogP contribution in [0.1, 0.15) is 5.76 Å². The number of benzene rings is 2. The maximum Gasteiger partial charge on any atom is 0.151 e. The first-order valence-corrected chi connectivity index (χ1v) is 8.16. The Labute approximate surface area is 146 Å². The van der Waals surface area contributed by atoms with Crippen LogP contribution in [-0.4, -0.2) is 30.3 Å². The standard InChI is InChI=1S/C19H19ClN2O2/c1-22(11-12-23-17-9-7-16(20)8-10-17)14-18-13-19(21-24-18)15-5-3-2-4-6-15/h2-10,13H,11-12,14H2,1H3. The van der Waals surface area contributed by atoms with Gasteiger partial charge in [0.1, 0.15) is 18.1 Å². The van der Waals surface area contributed by atoms with Crippen molar-refractivity contribution in [3.8, 4) is 17.0 Å². The number of aromatic nitrogens is 1. The maximum absolute atomic E-state index is 5.85. The highest BCUT2D eigenvalue weighted by atomic mass is 35.5. The van der Waals surface area contributed by atoms with E-state index in [0.29, 0.717) is 18.2 Å². The molecule has 0 fully saturated rings. The zero-order valence-corrected chi connectivity index (χ0v) is 14.2. The molecule has 0 radical (unpaired) electrons. The summed E-state index contributed by atoms with van der Waals surface area (Å²) in [6.07, 6.45) is 0. The van der Waals surface area contributed by atoms with E-state index in [1.807, 2.05) is 67.7 Å². The number of likely N-dealkylation sites (N-methyl/N-ethyl adjacent to an activating group) is 1. The van der Waals surface area contributed by atoms with E-state index in [1.165, 1.54) is 0 Å². The highest BCUT2D eigenvalue weighted by Crippen LogP contribution is 2.19. The second-order valence-electron chi connectivity index (χ2n) is 5.58. The van der Waals surface area contributed by atoms with E-state index in [0.717, 1.165) is 29.3 Å². The Hall–Kier alpha value is -2.30. The summed E-state index contributed by atoms with van der Waals surface area (Å²) >= 11 is 5.85. The molecular weight excluding hydrogens is 324 g/mol. The number of hydrogen-bond acceptors (Lipinski definition) is 4. The first-order chi connectivity index (χ1) is 11.7. The minimum absolute atomic E-state index is 0.595. The summed E-state index contributed by atoms with van der Waals surface area (Å²) in [5.41, 5.74) is 1.91. The Morgan fingerprint density at radius 3 is 2.58 bits per heavy atom. The molecule has 0 saturated heterocycles. The van der Waals surface area contributed by atoms with Crippen LogP contribution in [0.3, 0.4) is 0 Å². The number of rotatable bonds is 7. The van der Waals surface area contributed by atoms with Crippen LogP contribution in [0.25, 0.3) is 11.3 Å². The predicted molar refractivity (Wildman–Crippen MR) is 95.2 cm³/mol. The number of halogens is 1. The first-order valence-electron chi connectivity index (χ1n) is 7.78. The van der Waals surface area contributed by atoms with Crippen molar-refractivity contribution in [2.45, 2.75) is 6.54 Å².